The number of aryl methyl sites for hydroxylation is 1. The number of rotatable bonds is 8. The Labute approximate surface area is 200 Å². The Kier molecular flexibility index (Phi) is 8.60. The van der Waals surface area contributed by atoms with Crippen molar-refractivity contribution < 1.29 is 32.2 Å². The van der Waals surface area contributed by atoms with E-state index in [9.17, 15) is 22.8 Å². The number of hydrogen-bond acceptors (Lipinski definition) is 5. The third-order valence-electron chi connectivity index (χ3n) is 5.44. The van der Waals surface area contributed by atoms with Crippen LogP contribution in [0.5, 0.6) is 11.5 Å². The Bertz CT molecular complexity index is 994. The third kappa shape index (κ3) is 7.51. The zero-order chi connectivity index (χ0) is 24.7. The van der Waals surface area contributed by atoms with Crippen molar-refractivity contribution in [3.05, 3.63) is 47.1 Å². The van der Waals surface area contributed by atoms with Gasteiger partial charge in [-0.1, -0.05) is 17.7 Å². The molecule has 11 heteroatoms. The molecule has 2 amide bonds. The molecular formula is C23H25ClF3N3O4. The first-order valence-corrected chi connectivity index (χ1v) is 11.1. The molecule has 0 unspecified atom stereocenters. The maximum absolute atomic E-state index is 12.6. The summed E-state index contributed by atoms with van der Waals surface area (Å²) in [5, 5.41) is 3.25. The molecule has 7 nitrogen and oxygen atoms in total. The van der Waals surface area contributed by atoms with Gasteiger partial charge < -0.3 is 19.7 Å². The van der Waals surface area contributed by atoms with Gasteiger partial charge in [0, 0.05) is 31.6 Å². The van der Waals surface area contributed by atoms with Crippen molar-refractivity contribution in [2.45, 2.75) is 31.9 Å². The fourth-order valence-corrected chi connectivity index (χ4v) is 3.74. The summed E-state index contributed by atoms with van der Waals surface area (Å²) in [6.45, 7) is -0.470. The van der Waals surface area contributed by atoms with E-state index in [1.165, 1.54) is 19.4 Å². The van der Waals surface area contributed by atoms with Crippen LogP contribution in [0.4, 0.5) is 19.0 Å². The number of methoxy groups -OCH3 is 1. The van der Waals surface area contributed by atoms with Gasteiger partial charge in [0.25, 0.3) is 0 Å². The van der Waals surface area contributed by atoms with Gasteiger partial charge in [-0.25, -0.2) is 4.98 Å². The van der Waals surface area contributed by atoms with Crippen LogP contribution in [-0.4, -0.2) is 54.7 Å². The maximum atomic E-state index is 12.6. The highest BCUT2D eigenvalue weighted by Gasteiger charge is 2.29. The van der Waals surface area contributed by atoms with Crippen molar-refractivity contribution in [3.8, 4) is 11.5 Å². The molecule has 0 radical (unpaired) electrons. The molecule has 1 aliphatic rings. The second-order valence-corrected chi connectivity index (χ2v) is 8.33. The predicted octanol–water partition coefficient (Wildman–Crippen LogP) is 4.49. The zero-order valence-electron chi connectivity index (χ0n) is 18.5. The minimum atomic E-state index is -4.45. The number of anilines is 1. The average Bonchev–Trinajstić information content (AvgIpc) is 2.82. The number of benzene rings is 1. The molecule has 1 aromatic carbocycles. The van der Waals surface area contributed by atoms with Crippen molar-refractivity contribution in [1.29, 1.82) is 0 Å². The highest BCUT2D eigenvalue weighted by atomic mass is 35.5. The lowest BCUT2D eigenvalue weighted by molar-refractivity contribution is -0.153. The molecule has 1 saturated heterocycles. The molecule has 2 heterocycles. The van der Waals surface area contributed by atoms with Crippen LogP contribution in [0.15, 0.2) is 36.5 Å². The summed E-state index contributed by atoms with van der Waals surface area (Å²) in [6.07, 6.45) is -1.27. The molecule has 0 atom stereocenters. The van der Waals surface area contributed by atoms with Crippen LogP contribution in [-0.2, 0) is 16.0 Å². The molecule has 1 N–H and O–H groups in total. The Morgan fingerprint density at radius 2 is 1.91 bits per heavy atom. The normalized spacial score (nSPS) is 14.6. The molecule has 1 aromatic heterocycles. The number of aromatic nitrogens is 1. The summed E-state index contributed by atoms with van der Waals surface area (Å²) in [6, 6.07) is 7.86. The number of ether oxygens (including phenoxy) is 2. The summed E-state index contributed by atoms with van der Waals surface area (Å²) in [5.41, 5.74) is 0.745. The minimum absolute atomic E-state index is 0.0101. The highest BCUT2D eigenvalue weighted by molar-refractivity contribution is 6.30. The molecule has 0 aliphatic carbocycles. The van der Waals surface area contributed by atoms with Gasteiger partial charge in [-0.3, -0.25) is 9.59 Å². The second-order valence-electron chi connectivity index (χ2n) is 7.90. The van der Waals surface area contributed by atoms with E-state index < -0.39 is 12.8 Å². The lowest BCUT2D eigenvalue weighted by atomic mass is 9.95. The van der Waals surface area contributed by atoms with E-state index in [0.29, 0.717) is 43.2 Å². The third-order valence-corrected chi connectivity index (χ3v) is 5.67. The minimum Gasteiger partial charge on any atom is -0.493 e. The fourth-order valence-electron chi connectivity index (χ4n) is 3.62. The SMILES string of the molecule is COc1cc(CCC(=O)N2CCC(C(=O)Nc3ccc(Cl)cn3)CC2)ccc1OCC(F)(F)F. The molecule has 0 bridgehead atoms. The first-order valence-electron chi connectivity index (χ1n) is 10.7. The van der Waals surface area contributed by atoms with Gasteiger partial charge in [0.2, 0.25) is 11.8 Å². The van der Waals surface area contributed by atoms with E-state index in [2.05, 4.69) is 10.3 Å². The number of halogens is 4. The Morgan fingerprint density at radius 3 is 2.53 bits per heavy atom. The zero-order valence-corrected chi connectivity index (χ0v) is 19.3. The first-order chi connectivity index (χ1) is 16.1. The van der Waals surface area contributed by atoms with E-state index in [4.69, 9.17) is 21.1 Å². The van der Waals surface area contributed by atoms with Crippen molar-refractivity contribution >= 4 is 29.2 Å². The van der Waals surface area contributed by atoms with Crippen LogP contribution in [0.3, 0.4) is 0 Å². The average molecular weight is 500 g/mol. The van der Waals surface area contributed by atoms with Gasteiger partial charge in [0.1, 0.15) is 5.82 Å². The van der Waals surface area contributed by atoms with Gasteiger partial charge in [-0.05, 0) is 49.1 Å². The van der Waals surface area contributed by atoms with E-state index in [1.807, 2.05) is 0 Å². The Balaban J connectivity index is 1.46. The quantitative estimate of drug-likeness (QED) is 0.578. The number of carbonyl (C=O) groups excluding carboxylic acids is 2. The van der Waals surface area contributed by atoms with Crippen LogP contribution < -0.4 is 14.8 Å². The van der Waals surface area contributed by atoms with Crippen LogP contribution in [0.1, 0.15) is 24.8 Å². The summed E-state index contributed by atoms with van der Waals surface area (Å²) >= 11 is 5.80. The first kappa shape index (κ1) is 25.6. The fraction of sp³-hybridized carbons (Fsp3) is 0.435. The number of amides is 2. The van der Waals surface area contributed by atoms with Crippen molar-refractivity contribution in [2.75, 3.05) is 32.1 Å². The van der Waals surface area contributed by atoms with Crippen molar-refractivity contribution in [2.24, 2.45) is 5.92 Å². The molecule has 1 fully saturated rings. The van der Waals surface area contributed by atoms with E-state index in [-0.39, 0.29) is 35.7 Å². The van der Waals surface area contributed by atoms with Crippen molar-refractivity contribution in [3.63, 3.8) is 0 Å². The van der Waals surface area contributed by atoms with Gasteiger partial charge in [0.05, 0.1) is 12.1 Å². The molecule has 0 saturated carbocycles. The summed E-state index contributed by atoms with van der Waals surface area (Å²) in [7, 11) is 1.34. The molecule has 3 rings (SSSR count). The number of carbonyl (C=O) groups is 2. The lowest BCUT2D eigenvalue weighted by Crippen LogP contribution is -2.41. The van der Waals surface area contributed by atoms with Gasteiger partial charge in [-0.2, -0.15) is 13.2 Å². The smallest absolute Gasteiger partial charge is 0.422 e. The molecule has 0 spiro atoms. The number of likely N-dealkylation sites (tertiary alicyclic amines) is 1. The Hall–Kier alpha value is -3.01. The maximum Gasteiger partial charge on any atom is 0.422 e. The number of piperidine rings is 1. The monoisotopic (exact) mass is 499 g/mol. The number of hydrogen-bond donors (Lipinski definition) is 1. The molecular weight excluding hydrogens is 475 g/mol. The predicted molar refractivity (Wildman–Crippen MR) is 120 cm³/mol. The van der Waals surface area contributed by atoms with Crippen LogP contribution in [0.2, 0.25) is 5.02 Å². The molecule has 34 heavy (non-hydrogen) atoms. The number of nitrogens with zero attached hydrogens (tertiary/aromatic N) is 2. The number of pyridine rings is 1. The molecule has 1 aliphatic heterocycles. The topological polar surface area (TPSA) is 80.8 Å². The molecule has 184 valence electrons. The highest BCUT2D eigenvalue weighted by Crippen LogP contribution is 2.30. The number of nitrogens with one attached hydrogen (secondary N) is 1. The Morgan fingerprint density at radius 1 is 1.18 bits per heavy atom. The second kappa shape index (κ2) is 11.4. The van der Waals surface area contributed by atoms with E-state index >= 15 is 0 Å². The van der Waals surface area contributed by atoms with Crippen LogP contribution >= 0.6 is 11.6 Å². The number of alkyl halides is 3. The standard InChI is InChI=1S/C23H25ClF3N3O4/c1-33-19-12-15(2-5-18(19)34-14-23(25,26)27)3-7-21(31)30-10-8-16(9-11-30)22(32)29-20-6-4-17(24)13-28-20/h2,4-6,12-13,16H,3,7-11,14H2,1H3,(H,28,29,32). The molecule has 2 aromatic rings. The lowest BCUT2D eigenvalue weighted by Gasteiger charge is -2.31. The van der Waals surface area contributed by atoms with Gasteiger partial charge >= 0.3 is 6.18 Å². The van der Waals surface area contributed by atoms with E-state index in [0.717, 1.165) is 5.56 Å². The van der Waals surface area contributed by atoms with Crippen molar-refractivity contribution in [1.82, 2.24) is 9.88 Å². The largest absolute Gasteiger partial charge is 0.493 e. The van der Waals surface area contributed by atoms with Crippen LogP contribution in [0.25, 0.3) is 0 Å². The summed E-state index contributed by atoms with van der Waals surface area (Å²) < 4.78 is 47.0. The summed E-state index contributed by atoms with van der Waals surface area (Å²) in [4.78, 5) is 30.9. The van der Waals surface area contributed by atoms with Crippen LogP contribution in [0, 0.1) is 5.92 Å². The van der Waals surface area contributed by atoms with Gasteiger partial charge in [0.15, 0.2) is 18.1 Å². The van der Waals surface area contributed by atoms with E-state index in [1.54, 1.807) is 29.2 Å². The van der Waals surface area contributed by atoms with Gasteiger partial charge in [-0.15, -0.1) is 0 Å². The summed E-state index contributed by atoms with van der Waals surface area (Å²) in [5.74, 6) is 0.199.